The largest absolute Gasteiger partial charge is 0.426 e. The first-order valence-corrected chi connectivity index (χ1v) is 5.77. The number of ether oxygens (including phenoxy) is 1. The van der Waals surface area contributed by atoms with Crippen LogP contribution in [0.2, 0.25) is 0 Å². The maximum Gasteiger partial charge on any atom is 0.146 e. The van der Waals surface area contributed by atoms with Crippen molar-refractivity contribution in [1.29, 1.82) is 0 Å². The van der Waals surface area contributed by atoms with E-state index >= 15 is 0 Å². The van der Waals surface area contributed by atoms with E-state index in [4.69, 9.17) is 9.16 Å². The Balaban J connectivity index is 3.26. The molecular weight excluding hydrogens is 168 g/mol. The molecule has 1 atom stereocenters. The van der Waals surface area contributed by atoms with Gasteiger partial charge < -0.3 is 9.16 Å². The molecule has 0 aliphatic carbocycles. The molecule has 0 N–H and O–H groups in total. The second-order valence-electron chi connectivity index (χ2n) is 3.04. The molecule has 0 aliphatic rings. The van der Waals surface area contributed by atoms with Crippen molar-refractivity contribution in [2.24, 2.45) is 0 Å². The van der Waals surface area contributed by atoms with E-state index in [-0.39, 0.29) is 0 Å². The molecule has 0 amide bonds. The fourth-order valence-electron chi connectivity index (χ4n) is 1.14. The van der Waals surface area contributed by atoms with Gasteiger partial charge >= 0.3 is 0 Å². The van der Waals surface area contributed by atoms with Crippen LogP contribution in [0.4, 0.5) is 0 Å². The second kappa shape index (κ2) is 9.23. The number of rotatable bonds is 8. The summed E-state index contributed by atoms with van der Waals surface area (Å²) >= 11 is 0. The molecule has 0 saturated heterocycles. The minimum absolute atomic E-state index is 0.460. The van der Waals surface area contributed by atoms with Crippen molar-refractivity contribution in [2.75, 3.05) is 13.2 Å². The SMILES string of the molecule is CCCCC(CC)OCCO[SiH3]. The quantitative estimate of drug-likeness (QED) is 0.424. The number of hydrogen-bond donors (Lipinski definition) is 0. The summed E-state index contributed by atoms with van der Waals surface area (Å²) in [6.45, 7) is 5.94. The fraction of sp³-hybridized carbons (Fsp3) is 1.00. The van der Waals surface area contributed by atoms with Crippen LogP contribution in [0, 0.1) is 0 Å². The van der Waals surface area contributed by atoms with Gasteiger partial charge in [-0.15, -0.1) is 0 Å². The van der Waals surface area contributed by atoms with Crippen molar-refractivity contribution < 1.29 is 9.16 Å². The smallest absolute Gasteiger partial charge is 0.146 e. The molecule has 0 spiro atoms. The van der Waals surface area contributed by atoms with E-state index in [1.54, 1.807) is 0 Å². The van der Waals surface area contributed by atoms with Crippen LogP contribution in [0.15, 0.2) is 0 Å². The number of unbranched alkanes of at least 4 members (excludes halogenated alkanes) is 1. The summed E-state index contributed by atoms with van der Waals surface area (Å²) in [6.07, 6.45) is 5.33. The molecule has 0 aromatic rings. The van der Waals surface area contributed by atoms with Gasteiger partial charge in [0.05, 0.1) is 19.3 Å². The third kappa shape index (κ3) is 6.82. The van der Waals surface area contributed by atoms with Crippen LogP contribution >= 0.6 is 0 Å². The second-order valence-corrected chi connectivity index (χ2v) is 3.61. The molecule has 2 nitrogen and oxygen atoms in total. The topological polar surface area (TPSA) is 18.5 Å². The van der Waals surface area contributed by atoms with Crippen LogP contribution in [0.3, 0.4) is 0 Å². The first kappa shape index (κ1) is 12.1. The Morgan fingerprint density at radius 1 is 1.25 bits per heavy atom. The maximum atomic E-state index is 5.63. The normalized spacial score (nSPS) is 13.5. The molecular formula is C9H22O2Si. The van der Waals surface area contributed by atoms with Gasteiger partial charge in [0.1, 0.15) is 10.5 Å². The van der Waals surface area contributed by atoms with Crippen LogP contribution in [0.5, 0.6) is 0 Å². The average Bonchev–Trinajstić information content (AvgIpc) is 2.11. The molecule has 1 unspecified atom stereocenters. The Morgan fingerprint density at radius 2 is 2.00 bits per heavy atom. The van der Waals surface area contributed by atoms with E-state index < -0.39 is 0 Å². The van der Waals surface area contributed by atoms with Crippen LogP contribution in [0.25, 0.3) is 0 Å². The van der Waals surface area contributed by atoms with E-state index in [9.17, 15) is 0 Å². The summed E-state index contributed by atoms with van der Waals surface area (Å²) in [5.74, 6) is 0. The molecule has 0 aliphatic heterocycles. The summed E-state index contributed by atoms with van der Waals surface area (Å²) in [5, 5.41) is 0. The molecule has 12 heavy (non-hydrogen) atoms. The van der Waals surface area contributed by atoms with Gasteiger partial charge in [0.25, 0.3) is 0 Å². The molecule has 0 heterocycles. The first-order chi connectivity index (χ1) is 5.85. The van der Waals surface area contributed by atoms with Crippen molar-refractivity contribution >= 4 is 10.5 Å². The van der Waals surface area contributed by atoms with Crippen molar-refractivity contribution in [1.82, 2.24) is 0 Å². The highest BCUT2D eigenvalue weighted by molar-refractivity contribution is 5.97. The van der Waals surface area contributed by atoms with E-state index in [2.05, 4.69) is 13.8 Å². The van der Waals surface area contributed by atoms with E-state index in [1.165, 1.54) is 19.3 Å². The van der Waals surface area contributed by atoms with Crippen molar-refractivity contribution in [3.63, 3.8) is 0 Å². The fourth-order valence-corrected chi connectivity index (χ4v) is 1.30. The third-order valence-corrected chi connectivity index (χ3v) is 2.38. The lowest BCUT2D eigenvalue weighted by atomic mass is 10.1. The Hall–Kier alpha value is 0.137. The lowest BCUT2D eigenvalue weighted by molar-refractivity contribution is 0.0270. The molecule has 0 aromatic heterocycles. The highest BCUT2D eigenvalue weighted by Crippen LogP contribution is 2.07. The van der Waals surface area contributed by atoms with Gasteiger partial charge in [-0.3, -0.25) is 0 Å². The first-order valence-electron chi connectivity index (χ1n) is 4.95. The molecule has 0 rings (SSSR count). The summed E-state index contributed by atoms with van der Waals surface area (Å²) in [4.78, 5) is 0. The molecule has 0 saturated carbocycles. The van der Waals surface area contributed by atoms with Crippen LogP contribution in [-0.4, -0.2) is 29.8 Å². The Morgan fingerprint density at radius 3 is 2.50 bits per heavy atom. The molecule has 74 valence electrons. The molecule has 0 fully saturated rings. The molecule has 0 aromatic carbocycles. The maximum absolute atomic E-state index is 5.63. The van der Waals surface area contributed by atoms with Gasteiger partial charge in [-0.1, -0.05) is 26.7 Å². The van der Waals surface area contributed by atoms with Gasteiger partial charge in [0, 0.05) is 0 Å². The Labute approximate surface area is 79.2 Å². The number of hydrogen-bond acceptors (Lipinski definition) is 2. The predicted molar refractivity (Wildman–Crippen MR) is 55.4 cm³/mol. The minimum atomic E-state index is 0.460. The molecule has 3 heteroatoms. The van der Waals surface area contributed by atoms with Crippen LogP contribution in [0.1, 0.15) is 39.5 Å². The third-order valence-electron chi connectivity index (χ3n) is 1.98. The summed E-state index contributed by atoms with van der Waals surface area (Å²) in [5.41, 5.74) is 0. The van der Waals surface area contributed by atoms with E-state index in [1.807, 2.05) is 0 Å². The van der Waals surface area contributed by atoms with Crippen molar-refractivity contribution in [3.8, 4) is 0 Å². The van der Waals surface area contributed by atoms with Gasteiger partial charge in [0.15, 0.2) is 0 Å². The summed E-state index contributed by atoms with van der Waals surface area (Å²) < 4.78 is 10.7. The van der Waals surface area contributed by atoms with E-state index in [0.29, 0.717) is 6.10 Å². The van der Waals surface area contributed by atoms with Gasteiger partial charge in [-0.05, 0) is 12.8 Å². The monoisotopic (exact) mass is 190 g/mol. The van der Waals surface area contributed by atoms with Crippen LogP contribution in [-0.2, 0) is 9.16 Å². The van der Waals surface area contributed by atoms with Crippen molar-refractivity contribution in [3.05, 3.63) is 0 Å². The molecule has 0 radical (unpaired) electrons. The predicted octanol–water partition coefficient (Wildman–Crippen LogP) is 1.27. The Kier molecular flexibility index (Phi) is 9.33. The van der Waals surface area contributed by atoms with Gasteiger partial charge in [0.2, 0.25) is 0 Å². The average molecular weight is 190 g/mol. The van der Waals surface area contributed by atoms with E-state index in [0.717, 1.165) is 30.1 Å². The lowest BCUT2D eigenvalue weighted by Crippen LogP contribution is -2.15. The standard InChI is InChI=1S/C9H22O2Si/c1-3-5-6-9(4-2)10-7-8-11-12/h9H,3-8H2,1-2,12H3. The molecule has 0 bridgehead atoms. The van der Waals surface area contributed by atoms with Crippen molar-refractivity contribution in [2.45, 2.75) is 45.6 Å². The highest BCUT2D eigenvalue weighted by Gasteiger charge is 2.04. The summed E-state index contributed by atoms with van der Waals surface area (Å²) in [7, 11) is 0.824. The summed E-state index contributed by atoms with van der Waals surface area (Å²) in [6, 6.07) is 0. The zero-order valence-electron chi connectivity index (χ0n) is 8.64. The van der Waals surface area contributed by atoms with Crippen LogP contribution < -0.4 is 0 Å². The lowest BCUT2D eigenvalue weighted by Gasteiger charge is -2.15. The zero-order valence-corrected chi connectivity index (χ0v) is 10.6. The minimum Gasteiger partial charge on any atom is -0.426 e. The highest BCUT2D eigenvalue weighted by atomic mass is 28.2. The zero-order chi connectivity index (χ0) is 9.23. The van der Waals surface area contributed by atoms with Gasteiger partial charge in [-0.2, -0.15) is 0 Å². The van der Waals surface area contributed by atoms with Gasteiger partial charge in [-0.25, -0.2) is 0 Å². The Bertz CT molecular complexity index is 88.6.